The summed E-state index contributed by atoms with van der Waals surface area (Å²) in [6.45, 7) is 2.45. The molecule has 4 fully saturated rings. The Morgan fingerprint density at radius 3 is 2.55 bits per heavy atom. The SMILES string of the molecule is C[C@@H](NC(=O)CCCn1c(=O)[nH]c2ccsc2c1=O)C12CC3CC(CC(C3)C1)C2. The lowest BCUT2D eigenvalue weighted by Gasteiger charge is -2.59. The van der Waals surface area contributed by atoms with E-state index < -0.39 is 5.69 Å². The molecule has 1 atom stereocenters. The second-order valence-corrected chi connectivity index (χ2v) is 10.6. The average molecular weight is 416 g/mol. The average Bonchev–Trinajstić information content (AvgIpc) is 3.11. The molecular weight excluding hydrogens is 386 g/mol. The van der Waals surface area contributed by atoms with Gasteiger partial charge in [-0.25, -0.2) is 4.79 Å². The zero-order valence-corrected chi connectivity index (χ0v) is 17.7. The van der Waals surface area contributed by atoms with Crippen LogP contribution in [0, 0.1) is 23.2 Å². The number of hydrogen-bond donors (Lipinski definition) is 2. The monoisotopic (exact) mass is 415 g/mol. The van der Waals surface area contributed by atoms with Crippen molar-refractivity contribution in [3.8, 4) is 0 Å². The molecule has 0 radical (unpaired) electrons. The number of amides is 1. The van der Waals surface area contributed by atoms with E-state index in [4.69, 9.17) is 0 Å². The second-order valence-electron chi connectivity index (χ2n) is 9.72. The molecule has 2 aromatic rings. The van der Waals surface area contributed by atoms with Gasteiger partial charge in [0.05, 0.1) is 5.52 Å². The molecule has 4 saturated carbocycles. The summed E-state index contributed by atoms with van der Waals surface area (Å²) in [7, 11) is 0. The highest BCUT2D eigenvalue weighted by Gasteiger charge is 2.53. The molecule has 0 spiro atoms. The standard InChI is InChI=1S/C22H29N3O3S/c1-13(22-10-14-7-15(11-22)9-16(8-14)12-22)23-18(26)3-2-5-25-20(27)19-17(4-6-29-19)24-21(25)28/h4,6,13-16H,2-3,5,7-12H2,1H3,(H,23,26)(H,24,28)/t13-,14?,15?,16?,22?/m1/s1. The van der Waals surface area contributed by atoms with Gasteiger partial charge in [-0.15, -0.1) is 11.3 Å². The number of thiophene rings is 1. The smallest absolute Gasteiger partial charge is 0.328 e. The van der Waals surface area contributed by atoms with E-state index in [9.17, 15) is 14.4 Å². The van der Waals surface area contributed by atoms with Gasteiger partial charge in [-0.3, -0.25) is 14.2 Å². The lowest BCUT2D eigenvalue weighted by atomic mass is 9.48. The fraction of sp³-hybridized carbons (Fsp3) is 0.682. The Balaban J connectivity index is 1.19. The topological polar surface area (TPSA) is 84.0 Å². The third-order valence-electron chi connectivity index (χ3n) is 7.76. The molecule has 0 aliphatic heterocycles. The zero-order valence-electron chi connectivity index (χ0n) is 16.9. The third kappa shape index (κ3) is 3.37. The van der Waals surface area contributed by atoms with Crippen LogP contribution in [0.25, 0.3) is 10.2 Å². The van der Waals surface area contributed by atoms with Crippen LogP contribution in [0.5, 0.6) is 0 Å². The van der Waals surface area contributed by atoms with Crippen molar-refractivity contribution >= 4 is 27.5 Å². The molecule has 6 nitrogen and oxygen atoms in total. The van der Waals surface area contributed by atoms with Gasteiger partial charge in [0, 0.05) is 19.0 Å². The predicted molar refractivity (Wildman–Crippen MR) is 114 cm³/mol. The largest absolute Gasteiger partial charge is 0.353 e. The van der Waals surface area contributed by atoms with Gasteiger partial charge in [0.1, 0.15) is 4.70 Å². The van der Waals surface area contributed by atoms with Crippen molar-refractivity contribution in [2.24, 2.45) is 23.2 Å². The van der Waals surface area contributed by atoms with Crippen LogP contribution in [0.3, 0.4) is 0 Å². The molecule has 0 saturated heterocycles. The van der Waals surface area contributed by atoms with E-state index >= 15 is 0 Å². The fourth-order valence-corrected chi connectivity index (χ4v) is 7.54. The third-order valence-corrected chi connectivity index (χ3v) is 8.66. The summed E-state index contributed by atoms with van der Waals surface area (Å²) in [5.74, 6) is 2.64. The molecule has 6 rings (SSSR count). The highest BCUT2D eigenvalue weighted by atomic mass is 32.1. The molecule has 0 aromatic carbocycles. The first-order valence-electron chi connectivity index (χ1n) is 10.9. The number of rotatable bonds is 6. The molecule has 156 valence electrons. The molecule has 4 bridgehead atoms. The summed E-state index contributed by atoms with van der Waals surface area (Å²) in [5.41, 5.74) is 0.218. The van der Waals surface area contributed by atoms with E-state index in [1.807, 2.05) is 0 Å². The van der Waals surface area contributed by atoms with Crippen molar-refractivity contribution in [1.29, 1.82) is 0 Å². The minimum absolute atomic E-state index is 0.0370. The van der Waals surface area contributed by atoms with Crippen LogP contribution < -0.4 is 16.6 Å². The van der Waals surface area contributed by atoms with E-state index in [1.165, 1.54) is 54.4 Å². The Kier molecular flexibility index (Phi) is 4.68. The molecule has 29 heavy (non-hydrogen) atoms. The summed E-state index contributed by atoms with van der Waals surface area (Å²) in [6.07, 6.45) is 8.84. The number of nitrogens with zero attached hydrogens (tertiary/aromatic N) is 1. The Bertz CT molecular complexity index is 1010. The van der Waals surface area contributed by atoms with E-state index in [-0.39, 0.29) is 24.1 Å². The molecule has 7 heteroatoms. The van der Waals surface area contributed by atoms with Gasteiger partial charge in [0.25, 0.3) is 5.56 Å². The summed E-state index contributed by atoms with van der Waals surface area (Å²) in [4.78, 5) is 40.0. The molecule has 0 unspecified atom stereocenters. The number of carbonyl (C=O) groups is 1. The van der Waals surface area contributed by atoms with Gasteiger partial charge in [-0.2, -0.15) is 0 Å². The maximum absolute atomic E-state index is 12.6. The number of aromatic amines is 1. The summed E-state index contributed by atoms with van der Waals surface area (Å²) < 4.78 is 1.78. The van der Waals surface area contributed by atoms with Crippen molar-refractivity contribution in [3.05, 3.63) is 32.3 Å². The molecule has 4 aliphatic carbocycles. The summed E-state index contributed by atoms with van der Waals surface area (Å²) >= 11 is 1.33. The minimum atomic E-state index is -0.400. The van der Waals surface area contributed by atoms with Gasteiger partial charge in [-0.1, -0.05) is 0 Å². The molecule has 2 heterocycles. The highest BCUT2D eigenvalue weighted by molar-refractivity contribution is 7.17. The van der Waals surface area contributed by atoms with Crippen LogP contribution in [0.2, 0.25) is 0 Å². The van der Waals surface area contributed by atoms with E-state index in [1.54, 1.807) is 11.4 Å². The van der Waals surface area contributed by atoms with Crippen LogP contribution in [-0.4, -0.2) is 21.5 Å². The first-order valence-corrected chi connectivity index (χ1v) is 11.8. The molecule has 1 amide bonds. The van der Waals surface area contributed by atoms with Gasteiger partial charge in [0.15, 0.2) is 0 Å². The second kappa shape index (κ2) is 7.11. The van der Waals surface area contributed by atoms with Crippen LogP contribution in [0.15, 0.2) is 21.0 Å². The number of nitrogens with one attached hydrogen (secondary N) is 2. The zero-order chi connectivity index (χ0) is 20.2. The molecular formula is C22H29N3O3S. The first-order chi connectivity index (χ1) is 13.9. The summed E-state index contributed by atoms with van der Waals surface area (Å²) in [6, 6.07) is 1.95. The lowest BCUT2D eigenvalue weighted by Crippen LogP contribution is -2.55. The Morgan fingerprint density at radius 1 is 1.24 bits per heavy atom. The van der Waals surface area contributed by atoms with Crippen molar-refractivity contribution in [2.45, 2.75) is 70.9 Å². The molecule has 2 N–H and O–H groups in total. The number of aromatic nitrogens is 2. The van der Waals surface area contributed by atoms with Crippen LogP contribution >= 0.6 is 11.3 Å². The van der Waals surface area contributed by atoms with Gasteiger partial charge < -0.3 is 10.3 Å². The Labute approximate surface area is 173 Å². The number of fused-ring (bicyclic) bond motifs is 1. The van der Waals surface area contributed by atoms with Crippen molar-refractivity contribution in [3.63, 3.8) is 0 Å². The Morgan fingerprint density at radius 2 is 1.90 bits per heavy atom. The molecule has 4 aliphatic rings. The minimum Gasteiger partial charge on any atom is -0.353 e. The predicted octanol–water partition coefficient (Wildman–Crippen LogP) is 3.25. The summed E-state index contributed by atoms with van der Waals surface area (Å²) in [5, 5.41) is 5.06. The number of hydrogen-bond acceptors (Lipinski definition) is 4. The van der Waals surface area contributed by atoms with Gasteiger partial charge >= 0.3 is 5.69 Å². The van der Waals surface area contributed by atoms with Crippen LogP contribution in [0.1, 0.15) is 58.3 Å². The first kappa shape index (κ1) is 19.1. The maximum Gasteiger partial charge on any atom is 0.328 e. The normalized spacial score (nSPS) is 31.3. The van der Waals surface area contributed by atoms with Crippen molar-refractivity contribution in [1.82, 2.24) is 14.9 Å². The Hall–Kier alpha value is -1.89. The van der Waals surface area contributed by atoms with Crippen LogP contribution in [-0.2, 0) is 11.3 Å². The number of H-pyrrole nitrogens is 1. The number of carbonyl (C=O) groups excluding carboxylic acids is 1. The highest BCUT2D eigenvalue weighted by Crippen LogP contribution is 2.61. The van der Waals surface area contributed by atoms with Crippen molar-refractivity contribution < 1.29 is 4.79 Å². The van der Waals surface area contributed by atoms with Crippen LogP contribution in [0.4, 0.5) is 0 Å². The fourth-order valence-electron chi connectivity index (χ4n) is 6.75. The van der Waals surface area contributed by atoms with Crippen molar-refractivity contribution in [2.75, 3.05) is 0 Å². The van der Waals surface area contributed by atoms with E-state index in [2.05, 4.69) is 17.2 Å². The quantitative estimate of drug-likeness (QED) is 0.760. The van der Waals surface area contributed by atoms with Gasteiger partial charge in [0.2, 0.25) is 5.91 Å². The van der Waals surface area contributed by atoms with E-state index in [0.29, 0.717) is 28.5 Å². The molecule has 2 aromatic heterocycles. The maximum atomic E-state index is 12.6. The lowest BCUT2D eigenvalue weighted by molar-refractivity contribution is -0.126. The van der Waals surface area contributed by atoms with Gasteiger partial charge in [-0.05, 0) is 86.5 Å². The van der Waals surface area contributed by atoms with E-state index in [0.717, 1.165) is 17.8 Å².